The molecule has 0 fully saturated rings. The summed E-state index contributed by atoms with van der Waals surface area (Å²) in [5.41, 5.74) is 6.11. The quantitative estimate of drug-likeness (QED) is 0.384. The highest BCUT2D eigenvalue weighted by molar-refractivity contribution is 5.97. The van der Waals surface area contributed by atoms with Gasteiger partial charge in [-0.1, -0.05) is 23.8 Å². The first-order valence-electron chi connectivity index (χ1n) is 9.42. The van der Waals surface area contributed by atoms with Crippen LogP contribution in [0.4, 0.5) is 0 Å². The SMILES string of the molecule is Cc1cccc(-c2oc(-c3nn(Cc4cnc(C(C)O)o4)nc3C(N)=O)nc2C(=O)O)c1. The third kappa shape index (κ3) is 3.98. The summed E-state index contributed by atoms with van der Waals surface area (Å²) in [5.74, 6) is -1.99. The molecule has 1 aromatic carbocycles. The standard InChI is InChI=1S/C20H18N6O6/c1-9-4-3-5-11(6-9)16-15(20(29)30)23-19(32-16)14-13(17(21)28)24-26(25-14)8-12-7-22-18(31-12)10(2)27/h3-7,10,27H,8H2,1-2H3,(H2,21,28)(H,29,30). The van der Waals surface area contributed by atoms with Crippen molar-refractivity contribution in [2.24, 2.45) is 5.73 Å². The summed E-state index contributed by atoms with van der Waals surface area (Å²) in [6, 6.07) is 7.03. The van der Waals surface area contributed by atoms with Gasteiger partial charge in [0.1, 0.15) is 18.4 Å². The monoisotopic (exact) mass is 438 g/mol. The number of aliphatic hydroxyl groups is 1. The van der Waals surface area contributed by atoms with Gasteiger partial charge in [0, 0.05) is 5.56 Å². The minimum absolute atomic E-state index is 0.0120. The van der Waals surface area contributed by atoms with Crippen molar-refractivity contribution in [1.29, 1.82) is 0 Å². The van der Waals surface area contributed by atoms with E-state index in [4.69, 9.17) is 14.6 Å². The summed E-state index contributed by atoms with van der Waals surface area (Å²) < 4.78 is 11.1. The number of primary amides is 1. The van der Waals surface area contributed by atoms with Crippen LogP contribution in [0.1, 0.15) is 51.2 Å². The number of hydrogen-bond donors (Lipinski definition) is 3. The Bertz CT molecular complexity index is 1320. The molecule has 164 valence electrons. The lowest BCUT2D eigenvalue weighted by molar-refractivity contribution is 0.0691. The van der Waals surface area contributed by atoms with Gasteiger partial charge in [-0.15, -0.1) is 10.2 Å². The summed E-state index contributed by atoms with van der Waals surface area (Å²) in [6.45, 7) is 3.32. The van der Waals surface area contributed by atoms with E-state index in [-0.39, 0.29) is 41.2 Å². The van der Waals surface area contributed by atoms with E-state index in [1.807, 2.05) is 13.0 Å². The van der Waals surface area contributed by atoms with Gasteiger partial charge in [-0.2, -0.15) is 9.78 Å². The van der Waals surface area contributed by atoms with Crippen molar-refractivity contribution in [3.8, 4) is 22.9 Å². The van der Waals surface area contributed by atoms with Crippen molar-refractivity contribution in [3.05, 3.63) is 59.1 Å². The molecule has 0 spiro atoms. The number of carboxylic acids is 1. The molecule has 3 aromatic heterocycles. The van der Waals surface area contributed by atoms with Crippen LogP contribution in [0.5, 0.6) is 0 Å². The largest absolute Gasteiger partial charge is 0.476 e. The maximum Gasteiger partial charge on any atom is 0.358 e. The van der Waals surface area contributed by atoms with Crippen molar-refractivity contribution in [1.82, 2.24) is 25.0 Å². The lowest BCUT2D eigenvalue weighted by Gasteiger charge is -1.99. The van der Waals surface area contributed by atoms with E-state index < -0.39 is 18.0 Å². The van der Waals surface area contributed by atoms with Crippen molar-refractivity contribution in [2.45, 2.75) is 26.5 Å². The number of aromatic carboxylic acids is 1. The second-order valence-electron chi connectivity index (χ2n) is 7.00. The van der Waals surface area contributed by atoms with Crippen LogP contribution in [0.3, 0.4) is 0 Å². The number of oxazole rings is 2. The van der Waals surface area contributed by atoms with Crippen LogP contribution in [0.2, 0.25) is 0 Å². The van der Waals surface area contributed by atoms with Crippen LogP contribution in [0, 0.1) is 6.92 Å². The van der Waals surface area contributed by atoms with E-state index in [1.165, 1.54) is 13.1 Å². The number of aryl methyl sites for hydroxylation is 1. The number of amides is 1. The summed E-state index contributed by atoms with van der Waals surface area (Å²) >= 11 is 0. The lowest BCUT2D eigenvalue weighted by atomic mass is 10.1. The number of hydrogen-bond acceptors (Lipinski definition) is 9. The van der Waals surface area contributed by atoms with E-state index in [0.717, 1.165) is 10.4 Å². The fraction of sp³-hybridized carbons (Fsp3) is 0.200. The van der Waals surface area contributed by atoms with Gasteiger partial charge in [0.05, 0.1) is 6.20 Å². The Hall–Kier alpha value is -4.32. The molecule has 0 saturated heterocycles. The fourth-order valence-corrected chi connectivity index (χ4v) is 3.01. The minimum Gasteiger partial charge on any atom is -0.476 e. The average Bonchev–Trinajstić information content (AvgIpc) is 3.46. The topological polar surface area (TPSA) is 183 Å². The third-order valence-corrected chi connectivity index (χ3v) is 4.43. The number of benzene rings is 1. The van der Waals surface area contributed by atoms with Crippen molar-refractivity contribution < 1.29 is 28.6 Å². The van der Waals surface area contributed by atoms with E-state index in [1.54, 1.807) is 18.2 Å². The fourth-order valence-electron chi connectivity index (χ4n) is 3.01. The molecule has 1 unspecified atom stereocenters. The Morgan fingerprint density at radius 1 is 1.22 bits per heavy atom. The molecule has 32 heavy (non-hydrogen) atoms. The molecule has 0 aliphatic heterocycles. The lowest BCUT2D eigenvalue weighted by Crippen LogP contribution is -2.13. The smallest absolute Gasteiger partial charge is 0.358 e. The summed E-state index contributed by atoms with van der Waals surface area (Å²) in [4.78, 5) is 32.8. The van der Waals surface area contributed by atoms with Gasteiger partial charge in [0.25, 0.3) is 11.8 Å². The van der Waals surface area contributed by atoms with Gasteiger partial charge in [-0.25, -0.2) is 9.78 Å². The zero-order valence-corrected chi connectivity index (χ0v) is 17.0. The van der Waals surface area contributed by atoms with E-state index >= 15 is 0 Å². The Labute approximate surface area is 180 Å². The molecule has 1 amide bonds. The minimum atomic E-state index is -1.31. The summed E-state index contributed by atoms with van der Waals surface area (Å²) in [5, 5.41) is 27.3. The number of nitrogens with two attached hydrogens (primary N) is 1. The molecule has 0 bridgehead atoms. The number of carboxylic acid groups (broad SMARTS) is 1. The highest BCUT2D eigenvalue weighted by Crippen LogP contribution is 2.31. The molecule has 0 aliphatic carbocycles. The average molecular weight is 438 g/mol. The van der Waals surface area contributed by atoms with Crippen LogP contribution >= 0.6 is 0 Å². The van der Waals surface area contributed by atoms with Gasteiger partial charge in [-0.05, 0) is 19.9 Å². The molecule has 0 saturated carbocycles. The molecule has 3 heterocycles. The number of aromatic nitrogens is 5. The van der Waals surface area contributed by atoms with E-state index in [0.29, 0.717) is 11.3 Å². The number of carbonyl (C=O) groups is 2. The van der Waals surface area contributed by atoms with Crippen LogP contribution in [-0.4, -0.2) is 47.1 Å². The van der Waals surface area contributed by atoms with Crippen molar-refractivity contribution in [2.75, 3.05) is 0 Å². The van der Waals surface area contributed by atoms with Gasteiger partial charge < -0.3 is 24.8 Å². The number of carbonyl (C=O) groups excluding carboxylic acids is 1. The Morgan fingerprint density at radius 3 is 2.62 bits per heavy atom. The second-order valence-corrected chi connectivity index (χ2v) is 7.00. The number of nitrogens with zero attached hydrogens (tertiary/aromatic N) is 5. The molecule has 12 nitrogen and oxygen atoms in total. The van der Waals surface area contributed by atoms with Gasteiger partial charge in [0.2, 0.25) is 5.89 Å². The van der Waals surface area contributed by atoms with Crippen LogP contribution in [-0.2, 0) is 6.54 Å². The highest BCUT2D eigenvalue weighted by Gasteiger charge is 2.27. The Morgan fingerprint density at radius 2 is 2.00 bits per heavy atom. The molecule has 0 radical (unpaired) electrons. The summed E-state index contributed by atoms with van der Waals surface area (Å²) in [7, 11) is 0. The Balaban J connectivity index is 1.76. The predicted molar refractivity (Wildman–Crippen MR) is 107 cm³/mol. The zero-order valence-electron chi connectivity index (χ0n) is 17.0. The molecule has 0 aliphatic rings. The van der Waals surface area contributed by atoms with Gasteiger partial charge in [0.15, 0.2) is 22.8 Å². The maximum absolute atomic E-state index is 11.9. The van der Waals surface area contributed by atoms with Gasteiger partial charge >= 0.3 is 5.97 Å². The van der Waals surface area contributed by atoms with Crippen LogP contribution < -0.4 is 5.73 Å². The zero-order chi connectivity index (χ0) is 23.0. The predicted octanol–water partition coefficient (Wildman–Crippen LogP) is 1.80. The van der Waals surface area contributed by atoms with Crippen molar-refractivity contribution >= 4 is 11.9 Å². The first kappa shape index (κ1) is 20.9. The first-order chi connectivity index (χ1) is 15.2. The van der Waals surface area contributed by atoms with Crippen LogP contribution in [0.15, 0.2) is 39.3 Å². The molecular formula is C20H18N6O6. The number of aliphatic hydroxyl groups excluding tert-OH is 1. The molecular weight excluding hydrogens is 420 g/mol. The van der Waals surface area contributed by atoms with E-state index in [9.17, 15) is 19.8 Å². The van der Waals surface area contributed by atoms with E-state index in [2.05, 4.69) is 20.2 Å². The molecule has 4 aromatic rings. The second kappa shape index (κ2) is 8.07. The maximum atomic E-state index is 11.9. The normalized spacial score (nSPS) is 12.1. The first-order valence-corrected chi connectivity index (χ1v) is 9.42. The molecule has 4 N–H and O–H groups in total. The molecule has 12 heteroatoms. The van der Waals surface area contributed by atoms with Crippen LogP contribution in [0.25, 0.3) is 22.9 Å². The highest BCUT2D eigenvalue weighted by atomic mass is 16.4. The molecule has 4 rings (SSSR count). The number of rotatable bonds is 7. The van der Waals surface area contributed by atoms with Crippen molar-refractivity contribution in [3.63, 3.8) is 0 Å². The third-order valence-electron chi connectivity index (χ3n) is 4.43. The Kier molecular flexibility index (Phi) is 5.28. The molecule has 1 atom stereocenters. The van der Waals surface area contributed by atoms with Gasteiger partial charge in [-0.3, -0.25) is 4.79 Å². The summed E-state index contributed by atoms with van der Waals surface area (Å²) in [6.07, 6.45) is 0.492.